The normalized spacial score (nSPS) is 11.8. The summed E-state index contributed by atoms with van der Waals surface area (Å²) in [4.78, 5) is 23.7. The van der Waals surface area contributed by atoms with E-state index in [2.05, 4.69) is 21.2 Å². The zero-order chi connectivity index (χ0) is 16.1. The number of rotatable bonds is 5. The molecule has 0 aliphatic carbocycles. The summed E-state index contributed by atoms with van der Waals surface area (Å²) >= 11 is 3.44. The lowest BCUT2D eigenvalue weighted by Crippen LogP contribution is -2.31. The lowest BCUT2D eigenvalue weighted by molar-refractivity contribution is -0.124. The quantitative estimate of drug-likeness (QED) is 0.829. The number of nitrogens with zero attached hydrogens (tertiary/aromatic N) is 1. The highest BCUT2D eigenvalue weighted by molar-refractivity contribution is 9.10. The molecule has 116 valence electrons. The van der Waals surface area contributed by atoms with Crippen molar-refractivity contribution in [2.24, 2.45) is 7.05 Å². The SMILES string of the molecule is C[C@H](NC(=O)COC(=O)c1cccn1C)c1ccccc1Br. The number of amides is 1. The number of carbonyl (C=O) groups excluding carboxylic acids is 2. The molecule has 0 saturated heterocycles. The lowest BCUT2D eigenvalue weighted by Gasteiger charge is -2.15. The van der Waals surface area contributed by atoms with E-state index >= 15 is 0 Å². The average Bonchev–Trinajstić information content (AvgIpc) is 2.91. The standard InChI is InChI=1S/C16H17BrN2O3/c1-11(12-6-3-4-7-13(12)17)18-15(20)10-22-16(21)14-8-5-9-19(14)2/h3-9,11H,10H2,1-2H3,(H,18,20)/t11-/m0/s1. The van der Waals surface area contributed by atoms with Gasteiger partial charge >= 0.3 is 5.97 Å². The van der Waals surface area contributed by atoms with Crippen LogP contribution in [0.15, 0.2) is 47.1 Å². The number of ether oxygens (including phenoxy) is 1. The van der Waals surface area contributed by atoms with Gasteiger partial charge in [0.2, 0.25) is 0 Å². The lowest BCUT2D eigenvalue weighted by atomic mass is 10.1. The predicted molar refractivity (Wildman–Crippen MR) is 86.4 cm³/mol. The van der Waals surface area contributed by atoms with Gasteiger partial charge in [0.25, 0.3) is 5.91 Å². The van der Waals surface area contributed by atoms with Gasteiger partial charge in [-0.3, -0.25) is 4.79 Å². The predicted octanol–water partition coefficient (Wildman–Crippen LogP) is 2.82. The summed E-state index contributed by atoms with van der Waals surface area (Å²) in [5.41, 5.74) is 1.37. The number of nitrogens with one attached hydrogen (secondary N) is 1. The van der Waals surface area contributed by atoms with E-state index in [0.29, 0.717) is 5.69 Å². The molecule has 0 unspecified atom stereocenters. The summed E-state index contributed by atoms with van der Waals surface area (Å²) in [7, 11) is 1.74. The van der Waals surface area contributed by atoms with E-state index in [1.807, 2.05) is 31.2 Å². The van der Waals surface area contributed by atoms with E-state index in [-0.39, 0.29) is 18.6 Å². The maximum atomic E-state index is 11.9. The van der Waals surface area contributed by atoms with E-state index in [9.17, 15) is 9.59 Å². The van der Waals surface area contributed by atoms with Crippen molar-refractivity contribution in [3.05, 3.63) is 58.3 Å². The van der Waals surface area contributed by atoms with Crippen LogP contribution in [-0.4, -0.2) is 23.1 Å². The van der Waals surface area contributed by atoms with Gasteiger partial charge in [0, 0.05) is 17.7 Å². The summed E-state index contributed by atoms with van der Waals surface area (Å²) in [6.07, 6.45) is 1.74. The van der Waals surface area contributed by atoms with Crippen LogP contribution >= 0.6 is 15.9 Å². The minimum atomic E-state index is -0.517. The molecule has 5 nitrogen and oxygen atoms in total. The first-order chi connectivity index (χ1) is 10.5. The van der Waals surface area contributed by atoms with Crippen molar-refractivity contribution >= 4 is 27.8 Å². The third kappa shape index (κ3) is 3.98. The first-order valence-electron chi connectivity index (χ1n) is 6.81. The number of halogens is 1. The third-order valence-corrected chi connectivity index (χ3v) is 3.96. The summed E-state index contributed by atoms with van der Waals surface area (Å²) in [5, 5.41) is 2.80. The van der Waals surface area contributed by atoms with Crippen molar-refractivity contribution in [3.8, 4) is 0 Å². The molecule has 0 bridgehead atoms. The fourth-order valence-corrected chi connectivity index (χ4v) is 2.69. The summed E-state index contributed by atoms with van der Waals surface area (Å²) in [6, 6.07) is 10.8. The molecule has 2 rings (SSSR count). The van der Waals surface area contributed by atoms with E-state index in [4.69, 9.17) is 4.74 Å². The van der Waals surface area contributed by atoms with Crippen LogP contribution in [0.3, 0.4) is 0 Å². The van der Waals surface area contributed by atoms with Crippen LogP contribution in [-0.2, 0) is 16.6 Å². The largest absolute Gasteiger partial charge is 0.451 e. The van der Waals surface area contributed by atoms with Crippen LogP contribution in [0.1, 0.15) is 29.0 Å². The molecule has 1 atom stereocenters. The van der Waals surface area contributed by atoms with Gasteiger partial charge in [0.15, 0.2) is 6.61 Å². The molecule has 0 spiro atoms. The van der Waals surface area contributed by atoms with Gasteiger partial charge in [-0.05, 0) is 30.7 Å². The van der Waals surface area contributed by atoms with Gasteiger partial charge in [-0.1, -0.05) is 34.1 Å². The second-order valence-corrected chi connectivity index (χ2v) is 5.75. The zero-order valence-electron chi connectivity index (χ0n) is 12.4. The Labute approximate surface area is 137 Å². The van der Waals surface area contributed by atoms with E-state index < -0.39 is 5.97 Å². The second-order valence-electron chi connectivity index (χ2n) is 4.89. The van der Waals surface area contributed by atoms with Crippen LogP contribution in [0, 0.1) is 0 Å². The number of carbonyl (C=O) groups is 2. The van der Waals surface area contributed by atoms with Crippen LogP contribution in [0.2, 0.25) is 0 Å². The Morgan fingerprint density at radius 2 is 2.00 bits per heavy atom. The molecule has 2 aromatic rings. The Bertz CT molecular complexity index is 682. The van der Waals surface area contributed by atoms with Crippen LogP contribution < -0.4 is 5.32 Å². The molecule has 22 heavy (non-hydrogen) atoms. The minimum Gasteiger partial charge on any atom is -0.451 e. The molecule has 1 heterocycles. The Morgan fingerprint density at radius 3 is 2.64 bits per heavy atom. The highest BCUT2D eigenvalue weighted by atomic mass is 79.9. The van der Waals surface area contributed by atoms with Crippen LogP contribution in [0.4, 0.5) is 0 Å². The van der Waals surface area contributed by atoms with Gasteiger partial charge < -0.3 is 14.6 Å². The molecule has 1 amide bonds. The summed E-state index contributed by atoms with van der Waals surface area (Å²) in [6.45, 7) is 1.57. The molecule has 0 aliphatic rings. The smallest absolute Gasteiger partial charge is 0.355 e. The molecule has 0 fully saturated rings. The average molecular weight is 365 g/mol. The minimum absolute atomic E-state index is 0.184. The van der Waals surface area contributed by atoms with Gasteiger partial charge in [0.05, 0.1) is 6.04 Å². The first kappa shape index (κ1) is 16.3. The number of aryl methyl sites for hydroxylation is 1. The third-order valence-electron chi connectivity index (χ3n) is 3.24. The van der Waals surface area contributed by atoms with E-state index in [1.165, 1.54) is 0 Å². The number of hydrogen-bond donors (Lipinski definition) is 1. The highest BCUT2D eigenvalue weighted by Gasteiger charge is 2.15. The zero-order valence-corrected chi connectivity index (χ0v) is 14.0. The number of esters is 1. The number of aromatic nitrogens is 1. The molecule has 1 aromatic heterocycles. The summed E-state index contributed by atoms with van der Waals surface area (Å²) in [5.74, 6) is -0.859. The van der Waals surface area contributed by atoms with E-state index in [1.54, 1.807) is 29.9 Å². The Hall–Kier alpha value is -2.08. The fourth-order valence-electron chi connectivity index (χ4n) is 2.07. The van der Waals surface area contributed by atoms with Crippen molar-refractivity contribution in [3.63, 3.8) is 0 Å². The molecule has 1 aromatic carbocycles. The van der Waals surface area contributed by atoms with Crippen LogP contribution in [0.5, 0.6) is 0 Å². The Kier molecular flexibility index (Phi) is 5.38. The van der Waals surface area contributed by atoms with E-state index in [0.717, 1.165) is 10.0 Å². The summed E-state index contributed by atoms with van der Waals surface area (Å²) < 4.78 is 7.58. The van der Waals surface area contributed by atoms with Crippen molar-refractivity contribution < 1.29 is 14.3 Å². The van der Waals surface area contributed by atoms with Crippen molar-refractivity contribution in [2.45, 2.75) is 13.0 Å². The first-order valence-corrected chi connectivity index (χ1v) is 7.60. The maximum absolute atomic E-state index is 11.9. The number of benzene rings is 1. The highest BCUT2D eigenvalue weighted by Crippen LogP contribution is 2.22. The molecule has 1 N–H and O–H groups in total. The van der Waals surface area contributed by atoms with Gasteiger partial charge in [0.1, 0.15) is 5.69 Å². The molecule has 0 radical (unpaired) electrons. The Morgan fingerprint density at radius 1 is 1.27 bits per heavy atom. The maximum Gasteiger partial charge on any atom is 0.355 e. The van der Waals surface area contributed by atoms with Crippen molar-refractivity contribution in [2.75, 3.05) is 6.61 Å². The molecular formula is C16H17BrN2O3. The van der Waals surface area contributed by atoms with Gasteiger partial charge in [-0.15, -0.1) is 0 Å². The molecule has 0 aliphatic heterocycles. The molecule has 0 saturated carbocycles. The topological polar surface area (TPSA) is 60.3 Å². The second kappa shape index (κ2) is 7.26. The number of hydrogen-bond acceptors (Lipinski definition) is 3. The van der Waals surface area contributed by atoms with Crippen molar-refractivity contribution in [1.29, 1.82) is 0 Å². The van der Waals surface area contributed by atoms with Crippen LogP contribution in [0.25, 0.3) is 0 Å². The van der Waals surface area contributed by atoms with Gasteiger partial charge in [-0.2, -0.15) is 0 Å². The Balaban J connectivity index is 1.87. The molecule has 6 heteroatoms. The monoisotopic (exact) mass is 364 g/mol. The molecular weight excluding hydrogens is 348 g/mol. The van der Waals surface area contributed by atoms with Crippen molar-refractivity contribution in [1.82, 2.24) is 9.88 Å². The fraction of sp³-hybridized carbons (Fsp3) is 0.250. The van der Waals surface area contributed by atoms with Gasteiger partial charge in [-0.25, -0.2) is 4.79 Å².